The molecule has 2 rings (SSSR count). The Morgan fingerprint density at radius 1 is 1.28 bits per heavy atom. The lowest BCUT2D eigenvalue weighted by Gasteiger charge is -2.17. The normalized spacial score (nSPS) is 12.6. The van der Waals surface area contributed by atoms with Gasteiger partial charge < -0.3 is 5.32 Å². The van der Waals surface area contributed by atoms with Crippen LogP contribution in [0.5, 0.6) is 0 Å². The monoisotopic (exact) mass is 323 g/mol. The van der Waals surface area contributed by atoms with Gasteiger partial charge in [-0.1, -0.05) is 37.3 Å². The maximum Gasteiger partial charge on any atom is 0.0731 e. The molecule has 1 atom stereocenters. The third-order valence-electron chi connectivity index (χ3n) is 2.89. The number of hydrogen-bond acceptors (Lipinski definition) is 2. The van der Waals surface area contributed by atoms with Crippen molar-refractivity contribution in [3.8, 4) is 0 Å². The molecule has 96 valence electrons. The van der Waals surface area contributed by atoms with Crippen LogP contribution in [0.1, 0.15) is 35.4 Å². The van der Waals surface area contributed by atoms with E-state index < -0.39 is 0 Å². The van der Waals surface area contributed by atoms with Crippen LogP contribution in [0.2, 0.25) is 0 Å². The summed E-state index contributed by atoms with van der Waals surface area (Å²) in [5, 5.41) is 3.63. The second kappa shape index (κ2) is 6.50. The standard InChI is InChI=1S/C15H18BrNS/c1-3-9-17-14(12-7-5-4-6-8-12)13-10-11(2)15(16)18-13/h4-8,10,14,17H,3,9H2,1-2H3. The van der Waals surface area contributed by atoms with Crippen LogP contribution in [0, 0.1) is 6.92 Å². The van der Waals surface area contributed by atoms with Gasteiger partial charge in [-0.2, -0.15) is 0 Å². The minimum absolute atomic E-state index is 0.307. The number of aryl methyl sites for hydroxylation is 1. The minimum atomic E-state index is 0.307. The molecule has 1 N–H and O–H groups in total. The predicted molar refractivity (Wildman–Crippen MR) is 83.3 cm³/mol. The summed E-state index contributed by atoms with van der Waals surface area (Å²) in [4.78, 5) is 1.37. The molecule has 0 radical (unpaired) electrons. The first-order chi connectivity index (χ1) is 8.72. The quantitative estimate of drug-likeness (QED) is 0.824. The highest BCUT2D eigenvalue weighted by Crippen LogP contribution is 2.34. The van der Waals surface area contributed by atoms with Crippen LogP contribution >= 0.6 is 27.3 Å². The molecular weight excluding hydrogens is 306 g/mol. The second-order valence-electron chi connectivity index (χ2n) is 4.40. The van der Waals surface area contributed by atoms with Crippen LogP contribution in [0.15, 0.2) is 40.2 Å². The van der Waals surface area contributed by atoms with Gasteiger partial charge in [0.15, 0.2) is 0 Å². The molecule has 0 amide bonds. The molecule has 0 fully saturated rings. The van der Waals surface area contributed by atoms with Gasteiger partial charge in [0.2, 0.25) is 0 Å². The van der Waals surface area contributed by atoms with Gasteiger partial charge in [0.25, 0.3) is 0 Å². The fraction of sp³-hybridized carbons (Fsp3) is 0.333. The van der Waals surface area contributed by atoms with E-state index >= 15 is 0 Å². The van der Waals surface area contributed by atoms with Crippen LogP contribution in [-0.2, 0) is 0 Å². The van der Waals surface area contributed by atoms with E-state index in [2.05, 4.69) is 71.5 Å². The number of nitrogens with one attached hydrogen (secondary N) is 1. The van der Waals surface area contributed by atoms with E-state index in [0.29, 0.717) is 6.04 Å². The Bertz CT molecular complexity index is 473. The Balaban J connectivity index is 2.30. The summed E-state index contributed by atoms with van der Waals surface area (Å²) in [5.41, 5.74) is 2.65. The Labute approximate surface area is 121 Å². The summed E-state index contributed by atoms with van der Waals surface area (Å²) in [5.74, 6) is 0. The van der Waals surface area contributed by atoms with Crippen molar-refractivity contribution in [2.24, 2.45) is 0 Å². The zero-order valence-corrected chi connectivity index (χ0v) is 13.1. The smallest absolute Gasteiger partial charge is 0.0731 e. The number of thiophene rings is 1. The van der Waals surface area contributed by atoms with Crippen molar-refractivity contribution in [1.82, 2.24) is 5.32 Å². The predicted octanol–water partition coefficient (Wildman–Crippen LogP) is 4.91. The molecule has 0 spiro atoms. The highest BCUT2D eigenvalue weighted by atomic mass is 79.9. The molecular formula is C15H18BrNS. The third kappa shape index (κ3) is 3.22. The molecule has 1 aromatic carbocycles. The molecule has 18 heavy (non-hydrogen) atoms. The second-order valence-corrected chi connectivity index (χ2v) is 6.80. The van der Waals surface area contributed by atoms with E-state index in [1.54, 1.807) is 0 Å². The van der Waals surface area contributed by atoms with E-state index in [1.807, 2.05) is 11.3 Å². The highest BCUT2D eigenvalue weighted by molar-refractivity contribution is 9.11. The Morgan fingerprint density at radius 2 is 2.00 bits per heavy atom. The third-order valence-corrected chi connectivity index (χ3v) is 5.09. The van der Waals surface area contributed by atoms with Crippen molar-refractivity contribution >= 4 is 27.3 Å². The maximum absolute atomic E-state index is 3.63. The number of rotatable bonds is 5. The van der Waals surface area contributed by atoms with Gasteiger partial charge in [0.05, 0.1) is 9.83 Å². The zero-order valence-electron chi connectivity index (χ0n) is 10.7. The molecule has 0 saturated heterocycles. The Kier molecular flexibility index (Phi) is 4.98. The fourth-order valence-corrected chi connectivity index (χ4v) is 3.62. The van der Waals surface area contributed by atoms with E-state index in [0.717, 1.165) is 13.0 Å². The summed E-state index contributed by atoms with van der Waals surface area (Å²) in [6.45, 7) is 5.38. The van der Waals surface area contributed by atoms with Gasteiger partial charge in [-0.25, -0.2) is 0 Å². The first kappa shape index (κ1) is 13.8. The number of hydrogen-bond donors (Lipinski definition) is 1. The van der Waals surface area contributed by atoms with Gasteiger partial charge in [-0.3, -0.25) is 0 Å². The molecule has 1 heterocycles. The molecule has 2 aromatic rings. The maximum atomic E-state index is 3.63. The van der Waals surface area contributed by atoms with Crippen molar-refractivity contribution in [2.45, 2.75) is 26.3 Å². The Hall–Kier alpha value is -0.640. The van der Waals surface area contributed by atoms with Crippen LogP contribution in [-0.4, -0.2) is 6.54 Å². The van der Waals surface area contributed by atoms with Crippen molar-refractivity contribution in [3.63, 3.8) is 0 Å². The van der Waals surface area contributed by atoms with E-state index in [9.17, 15) is 0 Å². The molecule has 1 unspecified atom stereocenters. The molecule has 0 bridgehead atoms. The molecule has 0 aliphatic rings. The summed E-state index contributed by atoms with van der Waals surface area (Å²) < 4.78 is 1.23. The molecule has 1 nitrogen and oxygen atoms in total. The van der Waals surface area contributed by atoms with E-state index in [1.165, 1.54) is 19.8 Å². The minimum Gasteiger partial charge on any atom is -0.306 e. The van der Waals surface area contributed by atoms with Gasteiger partial charge in [0.1, 0.15) is 0 Å². The van der Waals surface area contributed by atoms with Gasteiger partial charge in [-0.05, 0) is 53.0 Å². The average Bonchev–Trinajstić information content (AvgIpc) is 2.71. The molecule has 0 aliphatic heterocycles. The molecule has 3 heteroatoms. The molecule has 0 aliphatic carbocycles. The van der Waals surface area contributed by atoms with Crippen LogP contribution < -0.4 is 5.32 Å². The van der Waals surface area contributed by atoms with E-state index in [-0.39, 0.29) is 0 Å². The lowest BCUT2D eigenvalue weighted by Crippen LogP contribution is -2.22. The van der Waals surface area contributed by atoms with Crippen molar-refractivity contribution in [3.05, 3.63) is 56.2 Å². The topological polar surface area (TPSA) is 12.0 Å². The van der Waals surface area contributed by atoms with Crippen LogP contribution in [0.25, 0.3) is 0 Å². The van der Waals surface area contributed by atoms with Gasteiger partial charge in [0, 0.05) is 4.88 Å². The highest BCUT2D eigenvalue weighted by Gasteiger charge is 2.16. The van der Waals surface area contributed by atoms with Crippen LogP contribution in [0.4, 0.5) is 0 Å². The van der Waals surface area contributed by atoms with E-state index in [4.69, 9.17) is 0 Å². The fourth-order valence-electron chi connectivity index (χ4n) is 1.94. The summed E-state index contributed by atoms with van der Waals surface area (Å²) in [7, 11) is 0. The lowest BCUT2D eigenvalue weighted by atomic mass is 10.0. The number of benzene rings is 1. The average molecular weight is 324 g/mol. The Morgan fingerprint density at radius 3 is 2.56 bits per heavy atom. The summed E-state index contributed by atoms with van der Waals surface area (Å²) in [6.07, 6.45) is 1.15. The largest absolute Gasteiger partial charge is 0.306 e. The van der Waals surface area contributed by atoms with Gasteiger partial charge >= 0.3 is 0 Å². The summed E-state index contributed by atoms with van der Waals surface area (Å²) >= 11 is 5.44. The SMILES string of the molecule is CCCNC(c1ccccc1)c1cc(C)c(Br)s1. The lowest BCUT2D eigenvalue weighted by molar-refractivity contribution is 0.606. The first-order valence-corrected chi connectivity index (χ1v) is 7.87. The van der Waals surface area contributed by atoms with Gasteiger partial charge in [-0.15, -0.1) is 11.3 Å². The number of halogens is 1. The van der Waals surface area contributed by atoms with Crippen molar-refractivity contribution in [2.75, 3.05) is 6.54 Å². The molecule has 1 aromatic heterocycles. The van der Waals surface area contributed by atoms with Crippen molar-refractivity contribution < 1.29 is 0 Å². The zero-order chi connectivity index (χ0) is 13.0. The first-order valence-electron chi connectivity index (χ1n) is 6.26. The summed E-state index contributed by atoms with van der Waals surface area (Å²) in [6, 6.07) is 13.2. The van der Waals surface area contributed by atoms with Crippen LogP contribution in [0.3, 0.4) is 0 Å². The molecule has 0 saturated carbocycles. The van der Waals surface area contributed by atoms with Crippen molar-refractivity contribution in [1.29, 1.82) is 0 Å².